The summed E-state index contributed by atoms with van der Waals surface area (Å²) < 4.78 is 5.45. The molecule has 96 valence electrons. The number of nitriles is 1. The number of para-hydroxylation sites is 1. The fourth-order valence-electron chi connectivity index (χ4n) is 2.53. The third-order valence-corrected chi connectivity index (χ3v) is 3.64. The Kier molecular flexibility index (Phi) is 3.06. The van der Waals surface area contributed by atoms with Crippen LogP contribution < -0.4 is 4.90 Å². The van der Waals surface area contributed by atoms with Crippen molar-refractivity contribution in [2.45, 2.75) is 12.5 Å². The van der Waals surface area contributed by atoms with E-state index in [4.69, 9.17) is 10.00 Å². The number of aromatic nitrogens is 1. The molecule has 3 rings (SSSR count). The third-order valence-electron chi connectivity index (χ3n) is 3.64. The molecule has 1 atom stereocenters. The molecule has 0 radical (unpaired) electrons. The van der Waals surface area contributed by atoms with E-state index in [0.29, 0.717) is 11.7 Å². The molecule has 1 unspecified atom stereocenters. The number of anilines is 1. The molecule has 0 amide bonds. The van der Waals surface area contributed by atoms with Crippen LogP contribution in [0.1, 0.15) is 12.1 Å². The number of hydrogen-bond acceptors (Lipinski definition) is 4. The van der Waals surface area contributed by atoms with Crippen molar-refractivity contribution in [3.8, 4) is 6.07 Å². The second-order valence-electron chi connectivity index (χ2n) is 4.78. The average molecular weight is 253 g/mol. The van der Waals surface area contributed by atoms with Crippen LogP contribution in [0.5, 0.6) is 0 Å². The quantitative estimate of drug-likeness (QED) is 0.824. The summed E-state index contributed by atoms with van der Waals surface area (Å²) >= 11 is 0. The summed E-state index contributed by atoms with van der Waals surface area (Å²) in [6, 6.07) is 12.3. The maximum absolute atomic E-state index is 9.11. The van der Waals surface area contributed by atoms with Gasteiger partial charge in [0, 0.05) is 24.7 Å². The molecule has 1 aliphatic heterocycles. The summed E-state index contributed by atoms with van der Waals surface area (Å²) in [5, 5.41) is 10.2. The van der Waals surface area contributed by atoms with Gasteiger partial charge in [0.05, 0.1) is 18.2 Å². The smallest absolute Gasteiger partial charge is 0.143 e. The van der Waals surface area contributed by atoms with Crippen LogP contribution in [0.25, 0.3) is 10.9 Å². The molecule has 1 fully saturated rings. The van der Waals surface area contributed by atoms with Crippen molar-refractivity contribution in [2.75, 3.05) is 25.2 Å². The van der Waals surface area contributed by atoms with E-state index in [1.807, 2.05) is 30.3 Å². The predicted octanol–water partition coefficient (Wildman–Crippen LogP) is 2.33. The van der Waals surface area contributed by atoms with Crippen molar-refractivity contribution in [3.05, 3.63) is 36.0 Å². The van der Waals surface area contributed by atoms with Gasteiger partial charge in [-0.05, 0) is 18.6 Å². The SMILES string of the molecule is CN(c1cc(C#N)nc2ccccc12)C1CCOC1. The monoisotopic (exact) mass is 253 g/mol. The van der Waals surface area contributed by atoms with Gasteiger partial charge in [0.25, 0.3) is 0 Å². The van der Waals surface area contributed by atoms with Crippen LogP contribution in [0.15, 0.2) is 30.3 Å². The number of likely N-dealkylation sites (N-methyl/N-ethyl adjacent to an activating group) is 1. The van der Waals surface area contributed by atoms with Gasteiger partial charge >= 0.3 is 0 Å². The van der Waals surface area contributed by atoms with E-state index in [1.165, 1.54) is 0 Å². The summed E-state index contributed by atoms with van der Waals surface area (Å²) in [6.07, 6.45) is 1.02. The minimum atomic E-state index is 0.373. The van der Waals surface area contributed by atoms with E-state index in [0.717, 1.165) is 36.2 Å². The Labute approximate surface area is 112 Å². The minimum absolute atomic E-state index is 0.373. The van der Waals surface area contributed by atoms with Crippen LogP contribution in [-0.2, 0) is 4.74 Å². The number of benzene rings is 1. The number of ether oxygens (including phenoxy) is 1. The third kappa shape index (κ3) is 2.13. The van der Waals surface area contributed by atoms with Crippen LogP contribution >= 0.6 is 0 Å². The molecular formula is C15H15N3O. The summed E-state index contributed by atoms with van der Waals surface area (Å²) in [4.78, 5) is 6.55. The lowest BCUT2D eigenvalue weighted by atomic mass is 10.1. The standard InChI is InChI=1S/C15H15N3O/c1-18(12-6-7-19-10-12)15-8-11(9-16)17-14-5-3-2-4-13(14)15/h2-5,8,12H,6-7,10H2,1H3. The molecular weight excluding hydrogens is 238 g/mol. The zero-order valence-electron chi connectivity index (χ0n) is 10.8. The predicted molar refractivity (Wildman–Crippen MR) is 74.1 cm³/mol. The largest absolute Gasteiger partial charge is 0.379 e. The van der Waals surface area contributed by atoms with Crippen molar-refractivity contribution < 1.29 is 4.74 Å². The van der Waals surface area contributed by atoms with E-state index < -0.39 is 0 Å². The fourth-order valence-corrected chi connectivity index (χ4v) is 2.53. The lowest BCUT2D eigenvalue weighted by Gasteiger charge is -2.26. The highest BCUT2D eigenvalue weighted by Crippen LogP contribution is 2.28. The number of fused-ring (bicyclic) bond motifs is 1. The molecule has 1 aromatic carbocycles. The van der Waals surface area contributed by atoms with Crippen molar-refractivity contribution in [2.24, 2.45) is 0 Å². The first-order valence-electron chi connectivity index (χ1n) is 6.40. The van der Waals surface area contributed by atoms with E-state index >= 15 is 0 Å². The van der Waals surface area contributed by atoms with Gasteiger partial charge in [-0.3, -0.25) is 0 Å². The highest BCUT2D eigenvalue weighted by molar-refractivity contribution is 5.92. The van der Waals surface area contributed by atoms with Crippen LogP contribution in [0, 0.1) is 11.3 Å². The Hall–Kier alpha value is -2.12. The Morgan fingerprint density at radius 2 is 2.26 bits per heavy atom. The van der Waals surface area contributed by atoms with Gasteiger partial charge in [-0.2, -0.15) is 5.26 Å². The van der Waals surface area contributed by atoms with Gasteiger partial charge < -0.3 is 9.64 Å². The molecule has 1 aliphatic rings. The van der Waals surface area contributed by atoms with E-state index in [-0.39, 0.29) is 0 Å². The fraction of sp³-hybridized carbons (Fsp3) is 0.333. The summed E-state index contributed by atoms with van der Waals surface area (Å²) in [5.41, 5.74) is 2.37. The molecule has 2 heterocycles. The number of pyridine rings is 1. The van der Waals surface area contributed by atoms with Crippen molar-refractivity contribution in [1.29, 1.82) is 5.26 Å². The summed E-state index contributed by atoms with van der Waals surface area (Å²) in [5.74, 6) is 0. The van der Waals surface area contributed by atoms with Crippen molar-refractivity contribution in [3.63, 3.8) is 0 Å². The first-order chi connectivity index (χ1) is 9.29. The zero-order valence-corrected chi connectivity index (χ0v) is 10.8. The maximum Gasteiger partial charge on any atom is 0.143 e. The van der Waals surface area contributed by atoms with E-state index in [2.05, 4.69) is 23.0 Å². The lowest BCUT2D eigenvalue weighted by molar-refractivity contribution is 0.193. The van der Waals surface area contributed by atoms with Gasteiger partial charge in [-0.25, -0.2) is 4.98 Å². The van der Waals surface area contributed by atoms with Gasteiger partial charge in [0.15, 0.2) is 0 Å². The van der Waals surface area contributed by atoms with Gasteiger partial charge in [-0.15, -0.1) is 0 Å². The second-order valence-corrected chi connectivity index (χ2v) is 4.78. The molecule has 0 N–H and O–H groups in total. The van der Waals surface area contributed by atoms with Crippen molar-refractivity contribution >= 4 is 16.6 Å². The minimum Gasteiger partial charge on any atom is -0.379 e. The van der Waals surface area contributed by atoms with Gasteiger partial charge in [0.2, 0.25) is 0 Å². The van der Waals surface area contributed by atoms with Crippen LogP contribution in [-0.4, -0.2) is 31.3 Å². The molecule has 1 saturated heterocycles. The molecule has 1 aromatic heterocycles. The van der Waals surface area contributed by atoms with E-state index in [9.17, 15) is 0 Å². The van der Waals surface area contributed by atoms with Crippen molar-refractivity contribution in [1.82, 2.24) is 4.98 Å². The second kappa shape index (κ2) is 4.87. The first kappa shape index (κ1) is 11.9. The highest BCUT2D eigenvalue weighted by Gasteiger charge is 2.22. The summed E-state index contributed by atoms with van der Waals surface area (Å²) in [6.45, 7) is 1.55. The highest BCUT2D eigenvalue weighted by atomic mass is 16.5. The molecule has 19 heavy (non-hydrogen) atoms. The van der Waals surface area contributed by atoms with Crippen LogP contribution in [0.4, 0.5) is 5.69 Å². The molecule has 2 aromatic rings. The number of hydrogen-bond donors (Lipinski definition) is 0. The van der Waals surface area contributed by atoms with Gasteiger partial charge in [-0.1, -0.05) is 18.2 Å². The molecule has 0 aliphatic carbocycles. The van der Waals surface area contributed by atoms with Gasteiger partial charge in [0.1, 0.15) is 11.8 Å². The first-order valence-corrected chi connectivity index (χ1v) is 6.40. The normalized spacial score (nSPS) is 18.4. The Morgan fingerprint density at radius 1 is 1.42 bits per heavy atom. The maximum atomic E-state index is 9.11. The topological polar surface area (TPSA) is 49.2 Å². The Morgan fingerprint density at radius 3 is 3.00 bits per heavy atom. The molecule has 0 bridgehead atoms. The van der Waals surface area contributed by atoms with Crippen LogP contribution in [0.3, 0.4) is 0 Å². The Balaban J connectivity index is 2.12. The molecule has 0 spiro atoms. The molecule has 0 saturated carbocycles. The number of nitrogens with zero attached hydrogens (tertiary/aromatic N) is 3. The molecule has 4 nitrogen and oxygen atoms in total. The molecule has 4 heteroatoms. The van der Waals surface area contributed by atoms with Crippen LogP contribution in [0.2, 0.25) is 0 Å². The average Bonchev–Trinajstić information content (AvgIpc) is 2.99. The van der Waals surface area contributed by atoms with E-state index in [1.54, 1.807) is 0 Å². The number of rotatable bonds is 2. The zero-order chi connectivity index (χ0) is 13.2. The lowest BCUT2D eigenvalue weighted by Crippen LogP contribution is -2.32. The Bertz CT molecular complexity index is 641. The summed E-state index contributed by atoms with van der Waals surface area (Å²) in [7, 11) is 2.06.